The summed E-state index contributed by atoms with van der Waals surface area (Å²) in [6.45, 7) is 17.2. The number of carbonyl (C=O) groups excluding carboxylic acids is 2. The Morgan fingerprint density at radius 3 is 2.49 bits per heavy atom. The van der Waals surface area contributed by atoms with Gasteiger partial charge in [0.05, 0.1) is 13.7 Å². The van der Waals surface area contributed by atoms with Gasteiger partial charge < -0.3 is 14.6 Å². The minimum atomic E-state index is -0.521. The lowest BCUT2D eigenvalue weighted by atomic mass is 9.33. The first kappa shape index (κ1) is 32.6. The van der Waals surface area contributed by atoms with Crippen molar-refractivity contribution in [2.45, 2.75) is 119 Å². The first-order valence-corrected chi connectivity index (χ1v) is 18.2. The number of allylic oxidation sites excluding steroid dienone is 2. The van der Waals surface area contributed by atoms with Crippen LogP contribution in [0.2, 0.25) is 0 Å². The molecule has 1 N–H and O–H groups in total. The Morgan fingerprint density at radius 1 is 0.979 bits per heavy atom. The standard InChI is InChI=1S/C41H56N2O4/c1-36(2)15-11-16-39(5)33(36)14-17-41(7)34(39)31(44)23-28-29-24-38(4,19-18-37(29,3)20-21-40(28,41)6)35(45)42-25-26-22-30(43-47-26)27-12-9-10-13-32(27)46-8/h9-10,12-13,22-23,29,33-34H,11,14-21,24-25H2,1-8H3,(H,42,45)/t29-,33?,34?,37+,38-,39-,40-,41+/m0/s1. The largest absolute Gasteiger partial charge is 0.496 e. The Morgan fingerprint density at radius 2 is 1.72 bits per heavy atom. The third-order valence-corrected chi connectivity index (χ3v) is 15.2. The molecule has 0 saturated heterocycles. The van der Waals surface area contributed by atoms with Crippen molar-refractivity contribution in [2.24, 2.45) is 50.2 Å². The van der Waals surface area contributed by atoms with Gasteiger partial charge in [-0.1, -0.05) is 77.7 Å². The molecular weight excluding hydrogens is 584 g/mol. The zero-order valence-corrected chi connectivity index (χ0v) is 30.1. The van der Waals surface area contributed by atoms with Crippen molar-refractivity contribution in [3.8, 4) is 17.0 Å². The van der Waals surface area contributed by atoms with E-state index in [4.69, 9.17) is 9.26 Å². The Kier molecular flexibility index (Phi) is 7.51. The molecule has 2 unspecified atom stereocenters. The van der Waals surface area contributed by atoms with Crippen molar-refractivity contribution in [1.29, 1.82) is 0 Å². The van der Waals surface area contributed by atoms with E-state index in [9.17, 15) is 9.59 Å². The predicted molar refractivity (Wildman–Crippen MR) is 184 cm³/mol. The molecule has 1 amide bonds. The molecule has 47 heavy (non-hydrogen) atoms. The summed E-state index contributed by atoms with van der Waals surface area (Å²) in [5.74, 6) is 2.68. The van der Waals surface area contributed by atoms with Crippen LogP contribution >= 0.6 is 0 Å². The van der Waals surface area contributed by atoms with E-state index in [0.29, 0.717) is 23.2 Å². The highest BCUT2D eigenvalue weighted by Gasteiger charge is 2.69. The van der Waals surface area contributed by atoms with Gasteiger partial charge in [0, 0.05) is 23.0 Å². The SMILES string of the molecule is COc1ccccc1-c1cc(CNC(=O)[C@@]2(C)CC[C@]3(C)CC[C@@]4(C)C(=CC(=O)C5[C@@]6(C)CCCC(C)(C)C6CC[C@]54C)[C@@H]3C2)on1. The molecule has 6 heteroatoms. The maximum Gasteiger partial charge on any atom is 0.226 e. The Labute approximate surface area is 281 Å². The zero-order chi connectivity index (χ0) is 33.6. The monoisotopic (exact) mass is 640 g/mol. The second kappa shape index (κ2) is 10.8. The van der Waals surface area contributed by atoms with E-state index in [-0.39, 0.29) is 51.4 Å². The molecular formula is C41H56N2O4. The Balaban J connectivity index is 1.14. The Bertz CT molecular complexity index is 1620. The lowest BCUT2D eigenvalue weighted by molar-refractivity contribution is -0.185. The van der Waals surface area contributed by atoms with E-state index in [2.05, 4.69) is 65.0 Å². The fraction of sp³-hybridized carbons (Fsp3) is 0.683. The first-order chi connectivity index (χ1) is 22.1. The highest BCUT2D eigenvalue weighted by molar-refractivity contribution is 5.95. The molecule has 5 aliphatic rings. The fourth-order valence-corrected chi connectivity index (χ4v) is 12.2. The van der Waals surface area contributed by atoms with Gasteiger partial charge in [0.2, 0.25) is 5.91 Å². The van der Waals surface area contributed by atoms with Crippen LogP contribution in [-0.2, 0) is 16.1 Å². The summed E-state index contributed by atoms with van der Waals surface area (Å²) in [5, 5.41) is 7.46. The highest BCUT2D eigenvalue weighted by Crippen LogP contribution is 2.75. The maximum absolute atomic E-state index is 14.6. The van der Waals surface area contributed by atoms with Gasteiger partial charge in [0.25, 0.3) is 0 Å². The van der Waals surface area contributed by atoms with Crippen molar-refractivity contribution in [3.05, 3.63) is 47.7 Å². The van der Waals surface area contributed by atoms with E-state index in [1.165, 1.54) is 24.8 Å². The molecule has 0 bridgehead atoms. The quantitative estimate of drug-likeness (QED) is 0.352. The van der Waals surface area contributed by atoms with Crippen LogP contribution in [0.3, 0.4) is 0 Å². The summed E-state index contributed by atoms with van der Waals surface area (Å²) in [6, 6.07) is 9.60. The van der Waals surface area contributed by atoms with Crippen LogP contribution in [-0.4, -0.2) is 24.0 Å². The number of hydrogen-bond donors (Lipinski definition) is 1. The van der Waals surface area contributed by atoms with E-state index < -0.39 is 5.41 Å². The van der Waals surface area contributed by atoms with E-state index in [1.807, 2.05) is 30.3 Å². The molecule has 1 aromatic carbocycles. The number of carbonyl (C=O) groups is 2. The molecule has 2 aromatic rings. The summed E-state index contributed by atoms with van der Waals surface area (Å²) >= 11 is 0. The van der Waals surface area contributed by atoms with Gasteiger partial charge in [-0.05, 0) is 115 Å². The molecule has 0 aliphatic heterocycles. The average Bonchev–Trinajstić information content (AvgIpc) is 3.50. The molecule has 5 aliphatic carbocycles. The third-order valence-electron chi connectivity index (χ3n) is 15.2. The summed E-state index contributed by atoms with van der Waals surface area (Å²) in [6.07, 6.45) is 13.1. The maximum atomic E-state index is 14.6. The van der Waals surface area contributed by atoms with Gasteiger partial charge in [-0.2, -0.15) is 0 Å². The van der Waals surface area contributed by atoms with E-state index in [1.54, 1.807) is 7.11 Å². The molecule has 6 nitrogen and oxygen atoms in total. The number of hydrogen-bond acceptors (Lipinski definition) is 5. The van der Waals surface area contributed by atoms with E-state index >= 15 is 0 Å². The lowest BCUT2D eigenvalue weighted by Gasteiger charge is -2.70. The summed E-state index contributed by atoms with van der Waals surface area (Å²) in [4.78, 5) is 28.6. The van der Waals surface area contributed by atoms with Crippen molar-refractivity contribution in [2.75, 3.05) is 7.11 Å². The second-order valence-corrected chi connectivity index (χ2v) is 18.2. The molecule has 7 rings (SSSR count). The van der Waals surface area contributed by atoms with Crippen molar-refractivity contribution >= 4 is 11.7 Å². The van der Waals surface area contributed by atoms with Gasteiger partial charge >= 0.3 is 0 Å². The second-order valence-electron chi connectivity index (χ2n) is 18.2. The number of methoxy groups -OCH3 is 1. The molecule has 1 aromatic heterocycles. The summed E-state index contributed by atoms with van der Waals surface area (Å²) < 4.78 is 11.1. The number of ether oxygens (including phenoxy) is 1. The summed E-state index contributed by atoms with van der Waals surface area (Å²) in [7, 11) is 1.64. The third kappa shape index (κ3) is 4.73. The number of fused-ring (bicyclic) bond motifs is 7. The molecule has 4 saturated carbocycles. The normalized spacial score (nSPS) is 40.6. The fourth-order valence-electron chi connectivity index (χ4n) is 12.2. The minimum Gasteiger partial charge on any atom is -0.496 e. The van der Waals surface area contributed by atoms with Crippen LogP contribution in [0, 0.1) is 50.2 Å². The van der Waals surface area contributed by atoms with Gasteiger partial charge in [0.15, 0.2) is 11.5 Å². The van der Waals surface area contributed by atoms with Crippen molar-refractivity contribution < 1.29 is 18.8 Å². The van der Waals surface area contributed by atoms with Gasteiger partial charge in [-0.25, -0.2) is 0 Å². The number of nitrogens with zero attached hydrogens (tertiary/aromatic N) is 1. The number of ketones is 1. The lowest BCUT2D eigenvalue weighted by Crippen LogP contribution is -2.65. The minimum absolute atomic E-state index is 0.0330. The van der Waals surface area contributed by atoms with Gasteiger partial charge in [-0.15, -0.1) is 0 Å². The molecule has 4 fully saturated rings. The number of para-hydroxylation sites is 1. The van der Waals surface area contributed by atoms with Crippen molar-refractivity contribution in [3.63, 3.8) is 0 Å². The number of rotatable bonds is 5. The van der Waals surface area contributed by atoms with Gasteiger partial charge in [0.1, 0.15) is 11.4 Å². The number of nitrogens with one attached hydrogen (secondary N) is 1. The topological polar surface area (TPSA) is 81.4 Å². The van der Waals surface area contributed by atoms with E-state index in [0.717, 1.165) is 56.3 Å². The van der Waals surface area contributed by atoms with Crippen LogP contribution < -0.4 is 10.1 Å². The molecule has 254 valence electrons. The molecule has 0 radical (unpaired) electrons. The van der Waals surface area contributed by atoms with Crippen molar-refractivity contribution in [1.82, 2.24) is 10.5 Å². The average molecular weight is 641 g/mol. The smallest absolute Gasteiger partial charge is 0.226 e. The number of aromatic nitrogens is 1. The molecule has 1 heterocycles. The molecule has 8 atom stereocenters. The molecule has 0 spiro atoms. The highest BCUT2D eigenvalue weighted by atomic mass is 16.5. The first-order valence-electron chi connectivity index (χ1n) is 18.2. The zero-order valence-electron chi connectivity index (χ0n) is 30.1. The van der Waals surface area contributed by atoms with Gasteiger partial charge in [-0.3, -0.25) is 9.59 Å². The predicted octanol–water partition coefficient (Wildman–Crippen LogP) is 9.34. The van der Waals surface area contributed by atoms with Crippen LogP contribution in [0.1, 0.15) is 118 Å². The number of amides is 1. The van der Waals surface area contributed by atoms with Crippen LogP contribution in [0.4, 0.5) is 0 Å². The Hall–Kier alpha value is -2.89. The summed E-state index contributed by atoms with van der Waals surface area (Å²) in [5.41, 5.74) is 2.73. The van der Waals surface area contributed by atoms with Crippen LogP contribution in [0.5, 0.6) is 5.75 Å². The van der Waals surface area contributed by atoms with Crippen LogP contribution in [0.15, 0.2) is 46.5 Å². The number of benzene rings is 1. The van der Waals surface area contributed by atoms with Crippen LogP contribution in [0.25, 0.3) is 11.3 Å².